The number of carbonyl (C=O) groups excluding carboxylic acids is 2. The summed E-state index contributed by atoms with van der Waals surface area (Å²) in [5.41, 5.74) is 2.14. The fraction of sp³-hybridized carbons (Fsp3) is 0.440. The number of methoxy groups -OCH3 is 1. The number of nitrogens with one attached hydrogen (secondary N) is 1. The molecule has 1 fully saturated rings. The lowest BCUT2D eigenvalue weighted by molar-refractivity contribution is -0.132. The Bertz CT molecular complexity index is 863. The fourth-order valence-electron chi connectivity index (χ4n) is 4.03. The molecule has 31 heavy (non-hydrogen) atoms. The largest absolute Gasteiger partial charge is 0.495 e. The van der Waals surface area contributed by atoms with Gasteiger partial charge in [0.1, 0.15) is 5.75 Å². The van der Waals surface area contributed by atoms with Gasteiger partial charge in [0, 0.05) is 39.0 Å². The second-order valence-electron chi connectivity index (χ2n) is 8.25. The molecule has 0 spiro atoms. The summed E-state index contributed by atoms with van der Waals surface area (Å²) in [5.74, 6) is 0.961. The fourth-order valence-corrected chi connectivity index (χ4v) is 4.03. The number of para-hydroxylation sites is 2. The number of carbonyl (C=O) groups is 2. The van der Waals surface area contributed by atoms with Crippen molar-refractivity contribution in [3.8, 4) is 5.75 Å². The molecule has 1 aliphatic rings. The summed E-state index contributed by atoms with van der Waals surface area (Å²) in [4.78, 5) is 29.3. The second kappa shape index (κ2) is 10.8. The van der Waals surface area contributed by atoms with Crippen LogP contribution in [0.15, 0.2) is 54.6 Å². The van der Waals surface area contributed by atoms with Crippen LogP contribution in [0.25, 0.3) is 0 Å². The lowest BCUT2D eigenvalue weighted by Gasteiger charge is -2.37. The average molecular weight is 424 g/mol. The molecule has 2 amide bonds. The van der Waals surface area contributed by atoms with Crippen molar-refractivity contribution in [1.29, 1.82) is 0 Å². The smallest absolute Gasteiger partial charge is 0.222 e. The van der Waals surface area contributed by atoms with Crippen molar-refractivity contribution in [2.24, 2.45) is 5.92 Å². The number of anilines is 1. The van der Waals surface area contributed by atoms with Crippen LogP contribution in [0.5, 0.6) is 5.75 Å². The average Bonchev–Trinajstić information content (AvgIpc) is 2.79. The van der Waals surface area contributed by atoms with Crippen LogP contribution in [-0.4, -0.2) is 50.0 Å². The van der Waals surface area contributed by atoms with Crippen LogP contribution in [0.4, 0.5) is 5.69 Å². The maximum absolute atomic E-state index is 12.8. The minimum Gasteiger partial charge on any atom is -0.495 e. The maximum atomic E-state index is 12.8. The monoisotopic (exact) mass is 423 g/mol. The highest BCUT2D eigenvalue weighted by Gasteiger charge is 2.24. The third-order valence-corrected chi connectivity index (χ3v) is 5.79. The molecule has 0 unspecified atom stereocenters. The number of ether oxygens (including phenoxy) is 1. The van der Waals surface area contributed by atoms with Crippen molar-refractivity contribution in [2.75, 3.05) is 38.2 Å². The zero-order chi connectivity index (χ0) is 22.2. The van der Waals surface area contributed by atoms with E-state index in [1.807, 2.05) is 73.3 Å². The van der Waals surface area contributed by atoms with E-state index < -0.39 is 0 Å². The van der Waals surface area contributed by atoms with Gasteiger partial charge in [0.25, 0.3) is 0 Å². The standard InChI is InChI=1S/C25H33N3O3/c1-19(17-24(29)26-20(2)21-9-5-4-6-10-21)18-25(30)28-15-13-27(14-16-28)22-11-7-8-12-23(22)31-3/h4-12,19-20H,13-18H2,1-3H3,(H,26,29)/t19-,20-/m0/s1. The number of nitrogens with zero attached hydrogens (tertiary/aromatic N) is 2. The molecule has 6 nitrogen and oxygen atoms in total. The van der Waals surface area contributed by atoms with E-state index in [4.69, 9.17) is 4.74 Å². The zero-order valence-electron chi connectivity index (χ0n) is 18.7. The van der Waals surface area contributed by atoms with E-state index >= 15 is 0 Å². The molecule has 3 rings (SSSR count). The summed E-state index contributed by atoms with van der Waals surface area (Å²) in [6, 6.07) is 17.8. The molecule has 1 heterocycles. The van der Waals surface area contributed by atoms with Gasteiger partial charge in [-0.3, -0.25) is 9.59 Å². The van der Waals surface area contributed by atoms with E-state index in [1.54, 1.807) is 7.11 Å². The van der Waals surface area contributed by atoms with E-state index in [2.05, 4.69) is 10.2 Å². The van der Waals surface area contributed by atoms with E-state index in [0.717, 1.165) is 30.1 Å². The lowest BCUT2D eigenvalue weighted by Crippen LogP contribution is -2.49. The topological polar surface area (TPSA) is 61.9 Å². The molecular weight excluding hydrogens is 390 g/mol. The molecule has 1 saturated heterocycles. The highest BCUT2D eigenvalue weighted by Crippen LogP contribution is 2.28. The number of hydrogen-bond donors (Lipinski definition) is 1. The first-order chi connectivity index (χ1) is 15.0. The summed E-state index contributed by atoms with van der Waals surface area (Å²) in [6.07, 6.45) is 0.742. The van der Waals surface area contributed by atoms with Gasteiger partial charge in [-0.05, 0) is 30.5 Å². The predicted molar refractivity (Wildman–Crippen MR) is 123 cm³/mol. The van der Waals surface area contributed by atoms with Gasteiger partial charge in [-0.15, -0.1) is 0 Å². The SMILES string of the molecule is COc1ccccc1N1CCN(C(=O)C[C@@H](C)CC(=O)N[C@@H](C)c2ccccc2)CC1. The molecule has 0 saturated carbocycles. The highest BCUT2D eigenvalue weighted by molar-refractivity contribution is 5.80. The van der Waals surface area contributed by atoms with E-state index in [1.165, 1.54) is 0 Å². The van der Waals surface area contributed by atoms with Crippen molar-refractivity contribution in [2.45, 2.75) is 32.7 Å². The Kier molecular flexibility index (Phi) is 7.93. The van der Waals surface area contributed by atoms with Crippen LogP contribution in [0, 0.1) is 5.92 Å². The number of piperazine rings is 1. The third-order valence-electron chi connectivity index (χ3n) is 5.79. The molecule has 0 aliphatic carbocycles. The van der Waals surface area contributed by atoms with Gasteiger partial charge in [0.05, 0.1) is 18.8 Å². The number of amides is 2. The molecule has 166 valence electrons. The Hall–Kier alpha value is -3.02. The molecule has 1 aliphatic heterocycles. The van der Waals surface area contributed by atoms with Crippen LogP contribution in [-0.2, 0) is 9.59 Å². The highest BCUT2D eigenvalue weighted by atomic mass is 16.5. The van der Waals surface area contributed by atoms with Crippen LogP contribution in [0.2, 0.25) is 0 Å². The molecule has 0 radical (unpaired) electrons. The Balaban J connectivity index is 1.43. The van der Waals surface area contributed by atoms with Crippen molar-refractivity contribution >= 4 is 17.5 Å². The zero-order valence-corrected chi connectivity index (χ0v) is 18.7. The minimum absolute atomic E-state index is 0.00252. The summed E-state index contributed by atoms with van der Waals surface area (Å²) in [6.45, 7) is 6.85. The van der Waals surface area contributed by atoms with Gasteiger partial charge < -0.3 is 19.9 Å². The lowest BCUT2D eigenvalue weighted by atomic mass is 10.0. The molecule has 2 atom stereocenters. The van der Waals surface area contributed by atoms with E-state index in [9.17, 15) is 9.59 Å². The molecular formula is C25H33N3O3. The van der Waals surface area contributed by atoms with Crippen LogP contribution >= 0.6 is 0 Å². The van der Waals surface area contributed by atoms with Crippen molar-refractivity contribution in [3.63, 3.8) is 0 Å². The number of rotatable bonds is 8. The summed E-state index contributed by atoms with van der Waals surface area (Å²) in [7, 11) is 1.68. The van der Waals surface area contributed by atoms with Crippen molar-refractivity contribution < 1.29 is 14.3 Å². The van der Waals surface area contributed by atoms with Gasteiger partial charge in [-0.25, -0.2) is 0 Å². The molecule has 1 N–H and O–H groups in total. The Morgan fingerprint density at radius 1 is 0.935 bits per heavy atom. The van der Waals surface area contributed by atoms with E-state index in [-0.39, 0.29) is 23.8 Å². The molecule has 2 aromatic rings. The Morgan fingerprint density at radius 2 is 1.58 bits per heavy atom. The predicted octanol–water partition coefficient (Wildman–Crippen LogP) is 3.64. The van der Waals surface area contributed by atoms with E-state index in [0.29, 0.717) is 25.9 Å². The summed E-state index contributed by atoms with van der Waals surface area (Å²) < 4.78 is 5.46. The van der Waals surface area contributed by atoms with Crippen molar-refractivity contribution in [1.82, 2.24) is 10.2 Å². The van der Waals surface area contributed by atoms with Crippen LogP contribution in [0.3, 0.4) is 0 Å². The summed E-state index contributed by atoms with van der Waals surface area (Å²) in [5, 5.41) is 3.03. The normalized spacial score (nSPS) is 15.8. The van der Waals surface area contributed by atoms with Gasteiger partial charge in [0.2, 0.25) is 11.8 Å². The second-order valence-corrected chi connectivity index (χ2v) is 8.25. The third kappa shape index (κ3) is 6.23. The molecule has 6 heteroatoms. The van der Waals surface area contributed by atoms with Gasteiger partial charge in [-0.2, -0.15) is 0 Å². The number of hydrogen-bond acceptors (Lipinski definition) is 4. The summed E-state index contributed by atoms with van der Waals surface area (Å²) >= 11 is 0. The van der Waals surface area contributed by atoms with Gasteiger partial charge in [-0.1, -0.05) is 49.4 Å². The van der Waals surface area contributed by atoms with Crippen LogP contribution < -0.4 is 15.0 Å². The van der Waals surface area contributed by atoms with Gasteiger partial charge >= 0.3 is 0 Å². The first-order valence-corrected chi connectivity index (χ1v) is 11.0. The Labute approximate surface area is 185 Å². The maximum Gasteiger partial charge on any atom is 0.222 e. The minimum atomic E-state index is -0.0420. The van der Waals surface area contributed by atoms with Gasteiger partial charge in [0.15, 0.2) is 0 Å². The van der Waals surface area contributed by atoms with Crippen molar-refractivity contribution in [3.05, 3.63) is 60.2 Å². The number of benzene rings is 2. The molecule has 0 aromatic heterocycles. The molecule has 0 bridgehead atoms. The first kappa shape index (κ1) is 22.7. The first-order valence-electron chi connectivity index (χ1n) is 11.0. The van der Waals surface area contributed by atoms with Crippen LogP contribution in [0.1, 0.15) is 38.3 Å². The quantitative estimate of drug-likeness (QED) is 0.704. The molecule has 2 aromatic carbocycles. The Morgan fingerprint density at radius 3 is 2.26 bits per heavy atom.